The minimum Gasteiger partial charge on any atom is -0.380 e. The molecule has 1 rings (SSSR count). The van der Waals surface area contributed by atoms with Gasteiger partial charge in [0.15, 0.2) is 0 Å². The Kier molecular flexibility index (Phi) is 1.42. The molecule has 50 valence electrons. The van der Waals surface area contributed by atoms with Crippen LogP contribution in [0.5, 0.6) is 0 Å². The Labute approximate surface area is 51.7 Å². The van der Waals surface area contributed by atoms with Gasteiger partial charge in [-0.25, -0.2) is 0 Å². The Morgan fingerprint density at radius 1 is 1.56 bits per heavy atom. The minimum atomic E-state index is -2.86. The Balaban J connectivity index is 2.67. The normalized spacial score (nSPS) is 30.8. The van der Waals surface area contributed by atoms with E-state index < -0.39 is 12.0 Å². The third kappa shape index (κ3) is 1.65. The molecule has 0 bridgehead atoms. The van der Waals surface area contributed by atoms with E-state index in [0.29, 0.717) is 0 Å². The van der Waals surface area contributed by atoms with Gasteiger partial charge in [-0.1, -0.05) is 5.92 Å². The zero-order valence-electron chi connectivity index (χ0n) is 4.69. The summed E-state index contributed by atoms with van der Waals surface area (Å²) in [7, 11) is 0. The molecule has 0 aromatic heterocycles. The van der Waals surface area contributed by atoms with Crippen LogP contribution in [-0.4, -0.2) is 17.1 Å². The molecule has 0 aliphatic heterocycles. The van der Waals surface area contributed by atoms with Crippen molar-refractivity contribution < 1.29 is 13.9 Å². The van der Waals surface area contributed by atoms with Gasteiger partial charge in [-0.15, -0.1) is 0 Å². The number of alkyl halides is 2. The fourth-order valence-electron chi connectivity index (χ4n) is 0.642. The summed E-state index contributed by atoms with van der Waals surface area (Å²) in [6.45, 7) is 0. The van der Waals surface area contributed by atoms with Gasteiger partial charge in [0.1, 0.15) is 6.10 Å². The molecule has 1 aliphatic carbocycles. The summed E-state index contributed by atoms with van der Waals surface area (Å²) < 4.78 is 24.2. The van der Waals surface area contributed by atoms with Crippen LogP contribution in [0.3, 0.4) is 0 Å². The van der Waals surface area contributed by atoms with Crippen LogP contribution in [0, 0.1) is 11.8 Å². The lowest BCUT2D eigenvalue weighted by Gasteiger charge is -2.14. The molecule has 0 saturated heterocycles. The van der Waals surface area contributed by atoms with Crippen molar-refractivity contribution in [2.75, 3.05) is 0 Å². The SMILES string of the molecule is OC1C#CC(F)(F)CC1. The van der Waals surface area contributed by atoms with E-state index >= 15 is 0 Å². The van der Waals surface area contributed by atoms with E-state index in [1.165, 1.54) is 0 Å². The van der Waals surface area contributed by atoms with E-state index in [2.05, 4.69) is 0 Å². The number of halogens is 2. The second kappa shape index (κ2) is 1.96. The Bertz CT molecular complexity index is 166. The lowest BCUT2D eigenvalue weighted by Crippen LogP contribution is -2.21. The highest BCUT2D eigenvalue weighted by Crippen LogP contribution is 2.22. The van der Waals surface area contributed by atoms with Gasteiger partial charge in [0.25, 0.3) is 0 Å². The zero-order valence-corrected chi connectivity index (χ0v) is 4.69. The highest BCUT2D eigenvalue weighted by molar-refractivity contribution is 5.16. The monoisotopic (exact) mass is 132 g/mol. The van der Waals surface area contributed by atoms with Crippen LogP contribution in [0.15, 0.2) is 0 Å². The van der Waals surface area contributed by atoms with Crippen molar-refractivity contribution in [1.29, 1.82) is 0 Å². The third-order valence-electron chi connectivity index (χ3n) is 1.15. The lowest BCUT2D eigenvalue weighted by atomic mass is 10.1. The highest BCUT2D eigenvalue weighted by atomic mass is 19.3. The molecule has 0 aromatic carbocycles. The molecule has 1 aliphatic rings. The maximum absolute atomic E-state index is 12.1. The Hall–Kier alpha value is -0.620. The first-order valence-electron chi connectivity index (χ1n) is 2.69. The van der Waals surface area contributed by atoms with E-state index in [-0.39, 0.29) is 12.8 Å². The molecule has 0 spiro atoms. The molecule has 0 amide bonds. The summed E-state index contributed by atoms with van der Waals surface area (Å²) in [4.78, 5) is 0. The van der Waals surface area contributed by atoms with Crippen molar-refractivity contribution in [2.45, 2.75) is 24.9 Å². The number of rotatable bonds is 0. The predicted molar refractivity (Wildman–Crippen MR) is 28.0 cm³/mol. The fourth-order valence-corrected chi connectivity index (χ4v) is 0.642. The minimum absolute atomic E-state index is 0.0833. The molecule has 1 N–H and O–H groups in total. The molecule has 0 radical (unpaired) electrons. The average Bonchev–Trinajstić information content (AvgIpc) is 1.78. The van der Waals surface area contributed by atoms with E-state index in [4.69, 9.17) is 5.11 Å². The summed E-state index contributed by atoms with van der Waals surface area (Å²) in [5, 5.41) is 8.63. The fraction of sp³-hybridized carbons (Fsp3) is 0.667. The molecule has 0 saturated carbocycles. The topological polar surface area (TPSA) is 20.2 Å². The van der Waals surface area contributed by atoms with Crippen molar-refractivity contribution in [1.82, 2.24) is 0 Å². The van der Waals surface area contributed by atoms with Crippen molar-refractivity contribution in [2.24, 2.45) is 0 Å². The Morgan fingerprint density at radius 2 is 2.22 bits per heavy atom. The molecule has 9 heavy (non-hydrogen) atoms. The summed E-state index contributed by atoms with van der Waals surface area (Å²) in [5.41, 5.74) is 0. The third-order valence-corrected chi connectivity index (χ3v) is 1.15. The number of hydrogen-bond donors (Lipinski definition) is 1. The van der Waals surface area contributed by atoms with Crippen LogP contribution in [0.2, 0.25) is 0 Å². The molecule has 0 fully saturated rings. The smallest absolute Gasteiger partial charge is 0.308 e. The predicted octanol–water partition coefficient (Wildman–Crippen LogP) is 0.780. The summed E-state index contributed by atoms with van der Waals surface area (Å²) in [5.74, 6) is 0.841. The van der Waals surface area contributed by atoms with Gasteiger partial charge in [0.05, 0.1) is 0 Å². The first-order chi connectivity index (χ1) is 4.10. The summed E-state index contributed by atoms with van der Waals surface area (Å²) >= 11 is 0. The molecule has 3 heteroatoms. The summed E-state index contributed by atoms with van der Waals surface area (Å²) in [6, 6.07) is 0. The maximum atomic E-state index is 12.1. The zero-order chi connectivity index (χ0) is 6.91. The first-order valence-corrected chi connectivity index (χ1v) is 2.69. The molecular formula is C6H6F2O. The van der Waals surface area contributed by atoms with Crippen molar-refractivity contribution >= 4 is 0 Å². The first kappa shape index (κ1) is 6.50. The highest BCUT2D eigenvalue weighted by Gasteiger charge is 2.29. The molecule has 1 unspecified atom stereocenters. The average molecular weight is 132 g/mol. The van der Waals surface area contributed by atoms with Gasteiger partial charge >= 0.3 is 5.92 Å². The molecule has 1 nitrogen and oxygen atoms in total. The second-order valence-corrected chi connectivity index (χ2v) is 2.03. The van der Waals surface area contributed by atoms with Crippen molar-refractivity contribution in [3.8, 4) is 11.8 Å². The van der Waals surface area contributed by atoms with Crippen LogP contribution < -0.4 is 0 Å². The maximum Gasteiger partial charge on any atom is 0.308 e. The molecular weight excluding hydrogens is 126 g/mol. The van der Waals surface area contributed by atoms with Gasteiger partial charge in [0.2, 0.25) is 0 Å². The second-order valence-electron chi connectivity index (χ2n) is 2.03. The summed E-state index contributed by atoms with van der Waals surface area (Å²) in [6.07, 6.45) is -1.08. The van der Waals surface area contributed by atoms with Gasteiger partial charge in [-0.05, 0) is 12.3 Å². The Morgan fingerprint density at radius 3 is 2.56 bits per heavy atom. The standard InChI is InChI=1S/C6H6F2O/c7-6(8)3-1-5(9)2-4-6/h5,9H,1,3H2. The van der Waals surface area contributed by atoms with E-state index in [1.807, 2.05) is 5.92 Å². The van der Waals surface area contributed by atoms with Crippen LogP contribution in [0.1, 0.15) is 12.8 Å². The number of aliphatic hydroxyl groups excluding tert-OH is 1. The van der Waals surface area contributed by atoms with Crippen molar-refractivity contribution in [3.05, 3.63) is 0 Å². The van der Waals surface area contributed by atoms with E-state index in [1.54, 1.807) is 5.92 Å². The van der Waals surface area contributed by atoms with Gasteiger partial charge in [0, 0.05) is 6.42 Å². The van der Waals surface area contributed by atoms with Crippen LogP contribution in [0.25, 0.3) is 0 Å². The largest absolute Gasteiger partial charge is 0.380 e. The lowest BCUT2D eigenvalue weighted by molar-refractivity contribution is 0.0360. The van der Waals surface area contributed by atoms with Crippen LogP contribution >= 0.6 is 0 Å². The van der Waals surface area contributed by atoms with Crippen LogP contribution in [-0.2, 0) is 0 Å². The number of aliphatic hydroxyl groups is 1. The quantitative estimate of drug-likeness (QED) is 0.483. The van der Waals surface area contributed by atoms with Gasteiger partial charge < -0.3 is 5.11 Å². The van der Waals surface area contributed by atoms with Gasteiger partial charge in [-0.2, -0.15) is 8.78 Å². The molecule has 0 heterocycles. The molecule has 0 aromatic rings. The van der Waals surface area contributed by atoms with Crippen molar-refractivity contribution in [3.63, 3.8) is 0 Å². The van der Waals surface area contributed by atoms with E-state index in [0.717, 1.165) is 0 Å². The van der Waals surface area contributed by atoms with Gasteiger partial charge in [-0.3, -0.25) is 0 Å². The molecule has 1 atom stereocenters. The van der Waals surface area contributed by atoms with Crippen LogP contribution in [0.4, 0.5) is 8.78 Å². The van der Waals surface area contributed by atoms with E-state index in [9.17, 15) is 8.78 Å². The number of hydrogen-bond acceptors (Lipinski definition) is 1.